The van der Waals surface area contributed by atoms with E-state index >= 15 is 0 Å². The number of rotatable bonds is 4. The van der Waals surface area contributed by atoms with Gasteiger partial charge < -0.3 is 11.1 Å². The Morgan fingerprint density at radius 3 is 2.62 bits per heavy atom. The minimum Gasteiger partial charge on any atom is -0.375 e. The second kappa shape index (κ2) is 5.98. The molecule has 0 atom stereocenters. The summed E-state index contributed by atoms with van der Waals surface area (Å²) in [5.74, 6) is -0.958. The van der Waals surface area contributed by atoms with Crippen molar-refractivity contribution in [2.24, 2.45) is 0 Å². The first-order chi connectivity index (χ1) is 9.81. The number of nitrogens with zero attached hydrogens (tertiary/aromatic N) is 1. The molecule has 2 rings (SSSR count). The molecule has 8 heteroatoms. The summed E-state index contributed by atoms with van der Waals surface area (Å²) in [4.78, 5) is 4.69. The second-order valence-corrected chi connectivity index (χ2v) is 5.45. The summed E-state index contributed by atoms with van der Waals surface area (Å²) < 4.78 is 51.7. The van der Waals surface area contributed by atoms with Crippen molar-refractivity contribution in [1.82, 2.24) is 10.3 Å². The average molecular weight is 319 g/mol. The smallest absolute Gasteiger partial charge is 0.375 e. The van der Waals surface area contributed by atoms with Gasteiger partial charge in [-0.1, -0.05) is 6.92 Å². The van der Waals surface area contributed by atoms with Gasteiger partial charge in [0.1, 0.15) is 5.82 Å². The molecule has 3 nitrogen and oxygen atoms in total. The van der Waals surface area contributed by atoms with Gasteiger partial charge >= 0.3 is 6.18 Å². The van der Waals surface area contributed by atoms with E-state index < -0.39 is 17.6 Å². The molecule has 3 N–H and O–H groups in total. The Morgan fingerprint density at radius 2 is 2.00 bits per heavy atom. The van der Waals surface area contributed by atoms with Crippen LogP contribution in [0.15, 0.2) is 18.2 Å². The fraction of sp³-hybridized carbons (Fsp3) is 0.308. The van der Waals surface area contributed by atoms with Crippen LogP contribution in [0.5, 0.6) is 0 Å². The van der Waals surface area contributed by atoms with E-state index in [9.17, 15) is 17.6 Å². The van der Waals surface area contributed by atoms with Crippen molar-refractivity contribution in [2.45, 2.75) is 19.6 Å². The van der Waals surface area contributed by atoms with E-state index in [0.717, 1.165) is 12.1 Å². The normalized spacial score (nSPS) is 11.9. The van der Waals surface area contributed by atoms with Gasteiger partial charge in [0.05, 0.1) is 11.3 Å². The summed E-state index contributed by atoms with van der Waals surface area (Å²) in [6, 6.07) is 2.37. The lowest BCUT2D eigenvalue weighted by Gasteiger charge is -2.09. The molecule has 0 spiro atoms. The van der Waals surface area contributed by atoms with E-state index in [-0.39, 0.29) is 16.4 Å². The van der Waals surface area contributed by atoms with Crippen molar-refractivity contribution in [3.8, 4) is 11.3 Å². The van der Waals surface area contributed by atoms with Crippen LogP contribution in [0.3, 0.4) is 0 Å². The van der Waals surface area contributed by atoms with E-state index in [1.165, 1.54) is 11.3 Å². The van der Waals surface area contributed by atoms with Gasteiger partial charge in [-0.05, 0) is 24.7 Å². The van der Waals surface area contributed by atoms with Gasteiger partial charge in [0.25, 0.3) is 0 Å². The molecule has 0 saturated heterocycles. The number of hydrogen-bond acceptors (Lipinski definition) is 4. The zero-order valence-corrected chi connectivity index (χ0v) is 11.9. The molecule has 2 aromatic rings. The number of nitrogens with two attached hydrogens (primary N) is 1. The largest absolute Gasteiger partial charge is 0.416 e. The number of benzene rings is 1. The molecule has 0 bridgehead atoms. The molecule has 1 aromatic carbocycles. The van der Waals surface area contributed by atoms with Crippen molar-refractivity contribution >= 4 is 16.5 Å². The molecule has 0 unspecified atom stereocenters. The van der Waals surface area contributed by atoms with Gasteiger partial charge in [-0.15, -0.1) is 11.3 Å². The van der Waals surface area contributed by atoms with Crippen LogP contribution in [-0.4, -0.2) is 11.5 Å². The number of nitrogens with one attached hydrogen (secondary N) is 1. The third-order valence-electron chi connectivity index (χ3n) is 2.75. The summed E-state index contributed by atoms with van der Waals surface area (Å²) in [5, 5.41) is 3.28. The van der Waals surface area contributed by atoms with Gasteiger partial charge in [-0.3, -0.25) is 0 Å². The maximum atomic E-state index is 13.5. The maximum absolute atomic E-state index is 13.5. The molecule has 0 fully saturated rings. The second-order valence-electron chi connectivity index (χ2n) is 4.33. The summed E-state index contributed by atoms with van der Waals surface area (Å²) in [6.45, 7) is 3.00. The highest BCUT2D eigenvalue weighted by atomic mass is 32.1. The van der Waals surface area contributed by atoms with Crippen molar-refractivity contribution in [2.75, 3.05) is 12.3 Å². The highest BCUT2D eigenvalue weighted by Crippen LogP contribution is 2.35. The van der Waals surface area contributed by atoms with E-state index in [4.69, 9.17) is 5.73 Å². The van der Waals surface area contributed by atoms with Gasteiger partial charge in [0.15, 0.2) is 5.13 Å². The number of hydrogen-bond donors (Lipinski definition) is 2. The molecule has 0 aliphatic carbocycles. The zero-order chi connectivity index (χ0) is 15.6. The monoisotopic (exact) mass is 319 g/mol. The third kappa shape index (κ3) is 3.70. The van der Waals surface area contributed by atoms with Crippen molar-refractivity contribution in [3.63, 3.8) is 0 Å². The van der Waals surface area contributed by atoms with Crippen molar-refractivity contribution < 1.29 is 17.6 Å². The van der Waals surface area contributed by atoms with Crippen LogP contribution < -0.4 is 11.1 Å². The number of halogens is 4. The van der Waals surface area contributed by atoms with E-state index in [2.05, 4.69) is 10.3 Å². The Balaban J connectivity index is 2.49. The SMILES string of the molecule is CCNCc1sc(N)nc1-c1cc(F)cc(C(F)(F)F)c1. The Labute approximate surface area is 122 Å². The van der Waals surface area contributed by atoms with E-state index in [1.54, 1.807) is 0 Å². The van der Waals surface area contributed by atoms with Crippen LogP contribution in [0.25, 0.3) is 11.3 Å². The highest BCUT2D eigenvalue weighted by molar-refractivity contribution is 7.15. The topological polar surface area (TPSA) is 50.9 Å². The molecule has 0 saturated carbocycles. The maximum Gasteiger partial charge on any atom is 0.416 e. The lowest BCUT2D eigenvalue weighted by atomic mass is 10.1. The van der Waals surface area contributed by atoms with E-state index in [0.29, 0.717) is 24.0 Å². The molecule has 0 aliphatic rings. The van der Waals surface area contributed by atoms with Gasteiger partial charge in [-0.25, -0.2) is 9.37 Å². The predicted molar refractivity (Wildman–Crippen MR) is 74.3 cm³/mol. The molecule has 1 aromatic heterocycles. The molecular weight excluding hydrogens is 306 g/mol. The average Bonchev–Trinajstić information content (AvgIpc) is 2.76. The quantitative estimate of drug-likeness (QED) is 0.846. The van der Waals surface area contributed by atoms with Crippen LogP contribution in [0.2, 0.25) is 0 Å². The first-order valence-electron chi connectivity index (χ1n) is 6.15. The lowest BCUT2D eigenvalue weighted by Crippen LogP contribution is -2.11. The van der Waals surface area contributed by atoms with Gasteiger partial charge in [0.2, 0.25) is 0 Å². The minimum absolute atomic E-state index is 0.0724. The van der Waals surface area contributed by atoms with Crippen LogP contribution >= 0.6 is 11.3 Å². The highest BCUT2D eigenvalue weighted by Gasteiger charge is 2.31. The molecule has 0 amide bonds. The summed E-state index contributed by atoms with van der Waals surface area (Å²) in [7, 11) is 0. The number of anilines is 1. The molecular formula is C13H13F4N3S. The molecule has 114 valence electrons. The Morgan fingerprint density at radius 1 is 1.29 bits per heavy atom. The van der Waals surface area contributed by atoms with Crippen LogP contribution in [0.1, 0.15) is 17.4 Å². The van der Waals surface area contributed by atoms with Crippen LogP contribution in [-0.2, 0) is 12.7 Å². The first-order valence-corrected chi connectivity index (χ1v) is 6.97. The number of thiazole rings is 1. The Kier molecular flexibility index (Phi) is 4.48. The fourth-order valence-corrected chi connectivity index (χ4v) is 2.67. The van der Waals surface area contributed by atoms with Crippen molar-refractivity contribution in [3.05, 3.63) is 34.5 Å². The first kappa shape index (κ1) is 15.7. The van der Waals surface area contributed by atoms with Crippen LogP contribution in [0, 0.1) is 5.82 Å². The summed E-state index contributed by atoms with van der Waals surface area (Å²) >= 11 is 1.17. The summed E-state index contributed by atoms with van der Waals surface area (Å²) in [5.41, 5.74) is 4.92. The fourth-order valence-electron chi connectivity index (χ4n) is 1.84. The standard InChI is InChI=1S/C13H13F4N3S/c1-2-19-6-10-11(20-12(18)21-10)7-3-8(13(15,16)17)5-9(14)4-7/h3-5,19H,2,6H2,1H3,(H2,18,20). The van der Waals surface area contributed by atoms with Crippen molar-refractivity contribution in [1.29, 1.82) is 0 Å². The Hall–Kier alpha value is -1.67. The zero-order valence-electron chi connectivity index (χ0n) is 11.1. The summed E-state index contributed by atoms with van der Waals surface area (Å²) in [6.07, 6.45) is -4.61. The van der Waals surface area contributed by atoms with Gasteiger partial charge in [0, 0.05) is 17.0 Å². The molecule has 1 heterocycles. The predicted octanol–water partition coefficient (Wildman–Crippen LogP) is 3.66. The third-order valence-corrected chi connectivity index (χ3v) is 3.63. The number of aromatic nitrogens is 1. The lowest BCUT2D eigenvalue weighted by molar-refractivity contribution is -0.137. The minimum atomic E-state index is -4.61. The van der Waals surface area contributed by atoms with Crippen LogP contribution in [0.4, 0.5) is 22.7 Å². The number of alkyl halides is 3. The number of nitrogen functional groups attached to an aromatic ring is 1. The molecule has 21 heavy (non-hydrogen) atoms. The van der Waals surface area contributed by atoms with E-state index in [1.807, 2.05) is 6.92 Å². The van der Waals surface area contributed by atoms with Gasteiger partial charge in [-0.2, -0.15) is 13.2 Å². The molecule has 0 aliphatic heterocycles. The molecule has 0 radical (unpaired) electrons. The Bertz CT molecular complexity index is 637.